The highest BCUT2D eigenvalue weighted by atomic mass is 16.6. The fourth-order valence-corrected chi connectivity index (χ4v) is 4.39. The van der Waals surface area contributed by atoms with Crippen molar-refractivity contribution in [3.63, 3.8) is 0 Å². The second-order valence-electron chi connectivity index (χ2n) is 10.3. The molecule has 3 aromatic rings. The van der Waals surface area contributed by atoms with Crippen LogP contribution in [0.1, 0.15) is 37.7 Å². The molecule has 9 nitrogen and oxygen atoms in total. The third kappa shape index (κ3) is 6.34. The Kier molecular flexibility index (Phi) is 7.49. The molecule has 3 heterocycles. The Balaban J connectivity index is 1.37. The van der Waals surface area contributed by atoms with Gasteiger partial charge in [-0.15, -0.1) is 0 Å². The number of nitrogens with one attached hydrogen (secondary N) is 2. The van der Waals surface area contributed by atoms with Crippen molar-refractivity contribution < 1.29 is 14.3 Å². The van der Waals surface area contributed by atoms with E-state index < -0.39 is 5.60 Å². The number of ether oxygens (including phenoxy) is 1. The number of amides is 3. The van der Waals surface area contributed by atoms with E-state index in [1.54, 1.807) is 11.1 Å². The van der Waals surface area contributed by atoms with E-state index in [0.717, 1.165) is 41.8 Å². The first kappa shape index (κ1) is 25.5. The number of nitrogens with zero attached hydrogens (tertiary/aromatic N) is 4. The molecule has 0 atom stereocenters. The molecule has 4 rings (SSSR count). The van der Waals surface area contributed by atoms with Gasteiger partial charge in [0, 0.05) is 63.1 Å². The van der Waals surface area contributed by atoms with Crippen molar-refractivity contribution in [2.45, 2.75) is 46.4 Å². The van der Waals surface area contributed by atoms with Crippen LogP contribution >= 0.6 is 0 Å². The molecule has 0 spiro atoms. The van der Waals surface area contributed by atoms with Gasteiger partial charge in [-0.3, -0.25) is 9.88 Å². The number of rotatable bonds is 5. The maximum atomic E-state index is 12.4. The quantitative estimate of drug-likeness (QED) is 0.555. The average molecular weight is 493 g/mol. The van der Waals surface area contributed by atoms with Crippen LogP contribution in [0.4, 0.5) is 15.3 Å². The lowest BCUT2D eigenvalue weighted by Gasteiger charge is -2.35. The van der Waals surface area contributed by atoms with E-state index in [4.69, 9.17) is 4.74 Å². The molecule has 1 fully saturated rings. The second kappa shape index (κ2) is 10.6. The lowest BCUT2D eigenvalue weighted by atomic mass is 10.1. The number of para-hydroxylation sites is 1. The number of piperazine rings is 1. The standard InChI is InChI=1S/C27H36N6O3/c1-19-9-10-22(17-28-19)30-25(34)29-16-21-8-6-7-20-15-23(31(5)24(20)21)18-32-11-13-33(14-12-32)26(35)36-27(2,3)4/h6-10,15,17H,11-14,16,18H2,1-5H3,(H2,29,30,34). The topological polar surface area (TPSA) is 91.7 Å². The number of fused-ring (bicyclic) bond motifs is 1. The maximum absolute atomic E-state index is 12.4. The summed E-state index contributed by atoms with van der Waals surface area (Å²) in [7, 11) is 2.07. The van der Waals surface area contributed by atoms with E-state index in [0.29, 0.717) is 25.3 Å². The molecule has 1 saturated heterocycles. The molecule has 9 heteroatoms. The van der Waals surface area contributed by atoms with Crippen molar-refractivity contribution in [1.82, 2.24) is 24.7 Å². The first-order chi connectivity index (χ1) is 17.1. The van der Waals surface area contributed by atoms with E-state index in [9.17, 15) is 9.59 Å². The molecule has 0 aliphatic carbocycles. The van der Waals surface area contributed by atoms with Gasteiger partial charge < -0.3 is 24.8 Å². The molecule has 36 heavy (non-hydrogen) atoms. The number of carbonyl (C=O) groups excluding carboxylic acids is 2. The Bertz CT molecular complexity index is 1220. The van der Waals surface area contributed by atoms with E-state index in [-0.39, 0.29) is 12.1 Å². The summed E-state index contributed by atoms with van der Waals surface area (Å²) >= 11 is 0. The minimum Gasteiger partial charge on any atom is -0.444 e. The van der Waals surface area contributed by atoms with Gasteiger partial charge in [-0.05, 0) is 51.5 Å². The molecule has 2 aromatic heterocycles. The van der Waals surface area contributed by atoms with Crippen LogP contribution < -0.4 is 10.6 Å². The van der Waals surface area contributed by atoms with Crippen molar-refractivity contribution in [2.75, 3.05) is 31.5 Å². The van der Waals surface area contributed by atoms with Crippen molar-refractivity contribution in [3.8, 4) is 0 Å². The molecule has 192 valence electrons. The summed E-state index contributed by atoms with van der Waals surface area (Å²) in [4.78, 5) is 33.1. The molecular formula is C27H36N6O3. The number of urea groups is 1. The van der Waals surface area contributed by atoms with Gasteiger partial charge in [0.1, 0.15) is 5.60 Å². The van der Waals surface area contributed by atoms with Crippen LogP contribution in [-0.4, -0.2) is 63.3 Å². The van der Waals surface area contributed by atoms with Gasteiger partial charge in [0.25, 0.3) is 0 Å². The van der Waals surface area contributed by atoms with Crippen molar-refractivity contribution in [2.24, 2.45) is 7.05 Å². The van der Waals surface area contributed by atoms with Gasteiger partial charge in [-0.1, -0.05) is 18.2 Å². The predicted octanol–water partition coefficient (Wildman–Crippen LogP) is 4.26. The van der Waals surface area contributed by atoms with Crippen LogP contribution in [0.2, 0.25) is 0 Å². The van der Waals surface area contributed by atoms with Crippen LogP contribution in [0, 0.1) is 6.92 Å². The molecular weight excluding hydrogens is 456 g/mol. The van der Waals surface area contributed by atoms with Crippen LogP contribution in [0.25, 0.3) is 10.9 Å². The first-order valence-corrected chi connectivity index (χ1v) is 12.3. The Morgan fingerprint density at radius 1 is 1.08 bits per heavy atom. The van der Waals surface area contributed by atoms with Crippen molar-refractivity contribution in [1.29, 1.82) is 0 Å². The lowest BCUT2D eigenvalue weighted by molar-refractivity contribution is 0.0137. The minimum atomic E-state index is -0.484. The summed E-state index contributed by atoms with van der Waals surface area (Å²) in [6.45, 7) is 11.7. The summed E-state index contributed by atoms with van der Waals surface area (Å²) < 4.78 is 7.71. The molecule has 0 bridgehead atoms. The molecule has 3 amide bonds. The number of carbonyl (C=O) groups is 2. The van der Waals surface area contributed by atoms with Gasteiger partial charge in [-0.2, -0.15) is 0 Å². The zero-order valence-electron chi connectivity index (χ0n) is 21.8. The monoisotopic (exact) mass is 492 g/mol. The molecule has 0 unspecified atom stereocenters. The van der Waals surface area contributed by atoms with E-state index in [1.807, 2.05) is 52.0 Å². The summed E-state index contributed by atoms with van der Waals surface area (Å²) in [6, 6.07) is 11.8. The molecule has 0 saturated carbocycles. The van der Waals surface area contributed by atoms with Gasteiger partial charge in [0.2, 0.25) is 0 Å². The highest BCUT2D eigenvalue weighted by Gasteiger charge is 2.26. The van der Waals surface area contributed by atoms with E-state index in [2.05, 4.69) is 44.3 Å². The normalized spacial score (nSPS) is 14.6. The third-order valence-electron chi connectivity index (χ3n) is 6.26. The molecule has 2 N–H and O–H groups in total. The Morgan fingerprint density at radius 3 is 2.50 bits per heavy atom. The number of hydrogen-bond acceptors (Lipinski definition) is 5. The molecule has 1 aromatic carbocycles. The Morgan fingerprint density at radius 2 is 1.83 bits per heavy atom. The van der Waals surface area contributed by atoms with Crippen LogP contribution in [-0.2, 0) is 24.9 Å². The third-order valence-corrected chi connectivity index (χ3v) is 6.26. The van der Waals surface area contributed by atoms with Crippen molar-refractivity contribution in [3.05, 3.63) is 59.5 Å². The van der Waals surface area contributed by atoms with Crippen LogP contribution in [0.3, 0.4) is 0 Å². The fourth-order valence-electron chi connectivity index (χ4n) is 4.39. The Hall–Kier alpha value is -3.59. The zero-order valence-corrected chi connectivity index (χ0v) is 21.8. The molecule has 1 aliphatic rings. The Labute approximate surface area is 212 Å². The van der Waals surface area contributed by atoms with E-state index in [1.165, 1.54) is 5.69 Å². The number of pyridine rings is 1. The van der Waals surface area contributed by atoms with Gasteiger partial charge >= 0.3 is 12.1 Å². The summed E-state index contributed by atoms with van der Waals surface area (Å²) in [6.07, 6.45) is 1.40. The smallest absolute Gasteiger partial charge is 0.410 e. The van der Waals surface area contributed by atoms with Gasteiger partial charge in [-0.25, -0.2) is 9.59 Å². The number of aromatic nitrogens is 2. The first-order valence-electron chi connectivity index (χ1n) is 12.3. The highest BCUT2D eigenvalue weighted by Crippen LogP contribution is 2.24. The van der Waals surface area contributed by atoms with Crippen LogP contribution in [0.15, 0.2) is 42.6 Å². The number of aryl methyl sites for hydroxylation is 2. The van der Waals surface area contributed by atoms with Gasteiger partial charge in [0.15, 0.2) is 0 Å². The SMILES string of the molecule is Cc1ccc(NC(=O)NCc2cccc3cc(CN4CCN(C(=O)OC(C)(C)C)CC4)n(C)c23)cn1. The fraction of sp³-hybridized carbons (Fsp3) is 0.444. The number of benzene rings is 1. The second-order valence-corrected chi connectivity index (χ2v) is 10.3. The van der Waals surface area contributed by atoms with E-state index >= 15 is 0 Å². The largest absolute Gasteiger partial charge is 0.444 e. The zero-order chi connectivity index (χ0) is 25.9. The number of hydrogen-bond donors (Lipinski definition) is 2. The molecule has 1 aliphatic heterocycles. The minimum absolute atomic E-state index is 0.244. The maximum Gasteiger partial charge on any atom is 0.410 e. The summed E-state index contributed by atoms with van der Waals surface area (Å²) in [5, 5.41) is 6.92. The average Bonchev–Trinajstić information content (AvgIpc) is 3.14. The number of anilines is 1. The molecule has 0 radical (unpaired) electrons. The van der Waals surface area contributed by atoms with Gasteiger partial charge in [0.05, 0.1) is 17.4 Å². The lowest BCUT2D eigenvalue weighted by Crippen LogP contribution is -2.49. The summed E-state index contributed by atoms with van der Waals surface area (Å²) in [5.74, 6) is 0. The van der Waals surface area contributed by atoms with Crippen LogP contribution in [0.5, 0.6) is 0 Å². The highest BCUT2D eigenvalue weighted by molar-refractivity contribution is 5.90. The predicted molar refractivity (Wildman–Crippen MR) is 141 cm³/mol. The summed E-state index contributed by atoms with van der Waals surface area (Å²) in [5.41, 5.74) is 4.42. The van der Waals surface area contributed by atoms with Crippen molar-refractivity contribution >= 4 is 28.7 Å².